The van der Waals surface area contributed by atoms with Crippen molar-refractivity contribution in [3.63, 3.8) is 0 Å². The number of rotatable bonds is 4. The average molecular weight is 325 g/mol. The Balaban J connectivity index is 2.21. The maximum Gasteiger partial charge on any atom is 0.299 e. The Morgan fingerprint density at radius 1 is 1.37 bits per heavy atom. The summed E-state index contributed by atoms with van der Waals surface area (Å²) in [5, 5.41) is 2.66. The molecule has 100 valence electrons. The van der Waals surface area contributed by atoms with Crippen molar-refractivity contribution >= 4 is 39.2 Å². The summed E-state index contributed by atoms with van der Waals surface area (Å²) in [5.74, 6) is -1.23. The Bertz CT molecular complexity index is 557. The Hall–Kier alpha value is -1.69. The van der Waals surface area contributed by atoms with E-state index in [4.69, 9.17) is 0 Å². The van der Waals surface area contributed by atoms with Crippen LogP contribution in [0.4, 0.5) is 5.69 Å². The molecule has 19 heavy (non-hydrogen) atoms. The number of benzene rings is 1. The van der Waals surface area contributed by atoms with Gasteiger partial charge in [-0.25, -0.2) is 0 Å². The van der Waals surface area contributed by atoms with Gasteiger partial charge >= 0.3 is 0 Å². The van der Waals surface area contributed by atoms with Gasteiger partial charge in [-0.2, -0.15) is 0 Å². The number of nitrogens with zero attached hydrogens (tertiary/aromatic N) is 1. The molecule has 1 N–H and O–H groups in total. The predicted molar refractivity (Wildman–Crippen MR) is 74.1 cm³/mol. The number of amides is 2. The third kappa shape index (κ3) is 2.53. The van der Waals surface area contributed by atoms with E-state index < -0.39 is 11.7 Å². The van der Waals surface area contributed by atoms with E-state index >= 15 is 0 Å². The highest BCUT2D eigenvalue weighted by Gasteiger charge is 2.36. The van der Waals surface area contributed by atoms with E-state index in [1.54, 1.807) is 18.2 Å². The van der Waals surface area contributed by atoms with Gasteiger partial charge in [0, 0.05) is 24.0 Å². The molecule has 0 fully saturated rings. The Kier molecular flexibility index (Phi) is 3.99. The maximum atomic E-state index is 11.9. The van der Waals surface area contributed by atoms with Gasteiger partial charge in [0.2, 0.25) is 5.91 Å². The summed E-state index contributed by atoms with van der Waals surface area (Å²) in [6, 6.07) is 5.09. The van der Waals surface area contributed by atoms with Crippen LogP contribution in [0.2, 0.25) is 0 Å². The lowest BCUT2D eigenvalue weighted by Gasteiger charge is -2.17. The van der Waals surface area contributed by atoms with Crippen LogP contribution in [0, 0.1) is 0 Å². The number of carbonyl (C=O) groups excluding carboxylic acids is 3. The van der Waals surface area contributed by atoms with Crippen molar-refractivity contribution in [1.82, 2.24) is 5.32 Å². The van der Waals surface area contributed by atoms with E-state index in [2.05, 4.69) is 21.2 Å². The summed E-state index contributed by atoms with van der Waals surface area (Å²) in [6.07, 6.45) is 0.174. The van der Waals surface area contributed by atoms with E-state index in [-0.39, 0.29) is 18.9 Å². The fourth-order valence-corrected chi connectivity index (χ4v) is 2.60. The number of fused-ring (bicyclic) bond motifs is 1. The van der Waals surface area contributed by atoms with Crippen LogP contribution in [-0.2, 0) is 9.59 Å². The zero-order chi connectivity index (χ0) is 14.0. The van der Waals surface area contributed by atoms with Crippen molar-refractivity contribution in [1.29, 1.82) is 0 Å². The molecule has 0 saturated carbocycles. The summed E-state index contributed by atoms with van der Waals surface area (Å²) in [7, 11) is 0. The lowest BCUT2D eigenvalue weighted by Crippen LogP contribution is -2.34. The fraction of sp³-hybridized carbons (Fsp3) is 0.308. The molecule has 0 saturated heterocycles. The molecule has 0 radical (unpaired) electrons. The number of ketones is 1. The van der Waals surface area contributed by atoms with Crippen molar-refractivity contribution in [2.75, 3.05) is 18.0 Å². The Morgan fingerprint density at radius 3 is 2.79 bits per heavy atom. The van der Waals surface area contributed by atoms with Gasteiger partial charge < -0.3 is 10.2 Å². The summed E-state index contributed by atoms with van der Waals surface area (Å²) < 4.78 is 0.681. The molecule has 1 aromatic rings. The monoisotopic (exact) mass is 324 g/mol. The number of hydrogen-bond donors (Lipinski definition) is 1. The molecular weight excluding hydrogens is 312 g/mol. The average Bonchev–Trinajstić information content (AvgIpc) is 2.62. The Labute approximate surface area is 119 Å². The highest BCUT2D eigenvalue weighted by Crippen LogP contribution is 2.35. The van der Waals surface area contributed by atoms with Crippen molar-refractivity contribution in [2.45, 2.75) is 13.3 Å². The third-order valence-corrected chi connectivity index (χ3v) is 3.52. The largest absolute Gasteiger partial charge is 0.356 e. The van der Waals surface area contributed by atoms with Gasteiger partial charge in [0.05, 0.1) is 11.3 Å². The van der Waals surface area contributed by atoms with Gasteiger partial charge in [-0.3, -0.25) is 14.4 Å². The second-order valence-electron chi connectivity index (χ2n) is 4.13. The molecule has 1 aliphatic rings. The van der Waals surface area contributed by atoms with Crippen molar-refractivity contribution in [3.8, 4) is 0 Å². The minimum atomic E-state index is -0.578. The molecule has 0 bridgehead atoms. The van der Waals surface area contributed by atoms with Gasteiger partial charge in [-0.1, -0.05) is 6.07 Å². The minimum absolute atomic E-state index is 0.136. The first kappa shape index (κ1) is 13.7. The Morgan fingerprint density at radius 2 is 2.11 bits per heavy atom. The zero-order valence-electron chi connectivity index (χ0n) is 10.4. The molecular formula is C13H13BrN2O3. The van der Waals surface area contributed by atoms with Crippen LogP contribution in [0.3, 0.4) is 0 Å². The lowest BCUT2D eigenvalue weighted by atomic mass is 10.1. The van der Waals surface area contributed by atoms with Gasteiger partial charge in [0.15, 0.2) is 0 Å². The van der Waals surface area contributed by atoms with Gasteiger partial charge in [0.1, 0.15) is 0 Å². The molecule has 1 aromatic carbocycles. The molecule has 5 nitrogen and oxygen atoms in total. The number of Topliss-reactive ketones (excluding diaryl/α,β-unsaturated/α-hetero) is 1. The van der Waals surface area contributed by atoms with Crippen LogP contribution in [0.25, 0.3) is 0 Å². The van der Waals surface area contributed by atoms with Gasteiger partial charge in [-0.05, 0) is 35.0 Å². The van der Waals surface area contributed by atoms with Crippen molar-refractivity contribution in [3.05, 3.63) is 28.2 Å². The summed E-state index contributed by atoms with van der Waals surface area (Å²) in [4.78, 5) is 36.5. The SMILES string of the molecule is CCNC(=O)CCN1C(=O)C(=O)c2cccc(Br)c21. The summed E-state index contributed by atoms with van der Waals surface area (Å²) in [5.41, 5.74) is 0.942. The minimum Gasteiger partial charge on any atom is -0.356 e. The summed E-state index contributed by atoms with van der Waals surface area (Å²) >= 11 is 3.33. The number of anilines is 1. The smallest absolute Gasteiger partial charge is 0.299 e. The zero-order valence-corrected chi connectivity index (χ0v) is 12.0. The maximum absolute atomic E-state index is 11.9. The first-order valence-corrected chi connectivity index (χ1v) is 6.77. The lowest BCUT2D eigenvalue weighted by molar-refractivity contribution is -0.120. The van der Waals surface area contributed by atoms with Crippen LogP contribution in [0.5, 0.6) is 0 Å². The fourth-order valence-electron chi connectivity index (χ4n) is 2.02. The number of para-hydroxylation sites is 1. The second kappa shape index (κ2) is 5.52. The number of carbonyl (C=O) groups is 3. The van der Waals surface area contributed by atoms with E-state index in [0.717, 1.165) is 0 Å². The van der Waals surface area contributed by atoms with E-state index in [1.165, 1.54) is 4.90 Å². The molecule has 1 aliphatic heterocycles. The van der Waals surface area contributed by atoms with Crippen molar-refractivity contribution in [2.24, 2.45) is 0 Å². The quantitative estimate of drug-likeness (QED) is 0.853. The first-order valence-electron chi connectivity index (χ1n) is 5.97. The number of halogens is 1. The van der Waals surface area contributed by atoms with Crippen LogP contribution < -0.4 is 10.2 Å². The van der Waals surface area contributed by atoms with Crippen LogP contribution in [0.15, 0.2) is 22.7 Å². The van der Waals surface area contributed by atoms with Crippen LogP contribution >= 0.6 is 15.9 Å². The molecule has 0 unspecified atom stereocenters. The molecule has 1 heterocycles. The number of hydrogen-bond acceptors (Lipinski definition) is 3. The highest BCUT2D eigenvalue weighted by atomic mass is 79.9. The molecule has 6 heteroatoms. The first-order chi connectivity index (χ1) is 9.06. The topological polar surface area (TPSA) is 66.5 Å². The second-order valence-corrected chi connectivity index (χ2v) is 4.98. The van der Waals surface area contributed by atoms with Gasteiger partial charge in [-0.15, -0.1) is 0 Å². The molecule has 0 atom stereocenters. The third-order valence-electron chi connectivity index (χ3n) is 2.88. The number of nitrogens with one attached hydrogen (secondary N) is 1. The highest BCUT2D eigenvalue weighted by molar-refractivity contribution is 9.10. The summed E-state index contributed by atoms with van der Waals surface area (Å²) in [6.45, 7) is 2.58. The molecule has 0 aliphatic carbocycles. The predicted octanol–water partition coefficient (Wildman–Crippen LogP) is 1.50. The van der Waals surface area contributed by atoms with Crippen LogP contribution in [-0.4, -0.2) is 30.7 Å². The normalized spacial score (nSPS) is 13.7. The molecule has 0 spiro atoms. The van der Waals surface area contributed by atoms with Crippen LogP contribution in [0.1, 0.15) is 23.7 Å². The van der Waals surface area contributed by atoms with Gasteiger partial charge in [0.25, 0.3) is 11.7 Å². The molecule has 2 rings (SSSR count). The standard InChI is InChI=1S/C13H13BrN2O3/c1-2-15-10(17)6-7-16-11-8(12(18)13(16)19)4-3-5-9(11)14/h3-5H,2,6-7H2,1H3,(H,15,17). The van der Waals surface area contributed by atoms with E-state index in [9.17, 15) is 14.4 Å². The molecule has 0 aromatic heterocycles. The molecule has 2 amide bonds. The van der Waals surface area contributed by atoms with Crippen molar-refractivity contribution < 1.29 is 14.4 Å². The van der Waals surface area contributed by atoms with E-state index in [1.807, 2.05) is 6.92 Å². The van der Waals surface area contributed by atoms with E-state index in [0.29, 0.717) is 22.3 Å².